The van der Waals surface area contributed by atoms with Crippen LogP contribution in [0.5, 0.6) is 0 Å². The highest BCUT2D eigenvalue weighted by Gasteiger charge is 2.24. The van der Waals surface area contributed by atoms with E-state index in [0.717, 1.165) is 6.20 Å². The SMILES string of the molecule is CCOC(=O)c1cnc(SC)nc1N/C=C(\NC(=O)c1ccccc1)C(=O)NC(Cc1ccccc1)C(=O)O. The Morgan fingerprint density at radius 3 is 2.33 bits per heavy atom. The van der Waals surface area contributed by atoms with E-state index in [4.69, 9.17) is 4.74 Å². The first-order chi connectivity index (χ1) is 18.8. The first-order valence-electron chi connectivity index (χ1n) is 11.8. The van der Waals surface area contributed by atoms with Gasteiger partial charge in [0.25, 0.3) is 11.8 Å². The Bertz CT molecular complexity index is 1350. The maximum Gasteiger partial charge on any atom is 0.343 e. The fraction of sp³-hybridized carbons (Fsp3) is 0.185. The normalized spacial score (nSPS) is 11.7. The molecule has 0 saturated carbocycles. The molecule has 12 heteroatoms. The summed E-state index contributed by atoms with van der Waals surface area (Å²) in [6, 6.07) is 15.7. The van der Waals surface area contributed by atoms with E-state index in [-0.39, 0.29) is 35.7 Å². The predicted molar refractivity (Wildman–Crippen MR) is 145 cm³/mol. The molecular weight excluding hydrogens is 522 g/mol. The third-order valence-corrected chi connectivity index (χ3v) is 5.77. The van der Waals surface area contributed by atoms with Gasteiger partial charge >= 0.3 is 11.9 Å². The molecule has 0 aliphatic rings. The zero-order valence-electron chi connectivity index (χ0n) is 21.2. The minimum absolute atomic E-state index is 0.00698. The zero-order valence-corrected chi connectivity index (χ0v) is 22.0. The summed E-state index contributed by atoms with van der Waals surface area (Å²) in [7, 11) is 0. The van der Waals surface area contributed by atoms with Crippen LogP contribution in [0.3, 0.4) is 0 Å². The molecule has 0 aliphatic heterocycles. The number of rotatable bonds is 12. The summed E-state index contributed by atoms with van der Waals surface area (Å²) < 4.78 is 5.05. The number of nitrogens with one attached hydrogen (secondary N) is 3. The Labute approximate surface area is 229 Å². The Morgan fingerprint density at radius 2 is 1.72 bits per heavy atom. The van der Waals surface area contributed by atoms with Gasteiger partial charge in [-0.05, 0) is 30.9 Å². The van der Waals surface area contributed by atoms with Crippen molar-refractivity contribution in [2.24, 2.45) is 0 Å². The number of carboxylic acids is 1. The quantitative estimate of drug-likeness (QED) is 0.114. The summed E-state index contributed by atoms with van der Waals surface area (Å²) >= 11 is 1.23. The van der Waals surface area contributed by atoms with Crippen LogP contribution in [0.2, 0.25) is 0 Å². The van der Waals surface area contributed by atoms with Crippen molar-refractivity contribution in [3.05, 3.63) is 95.4 Å². The van der Waals surface area contributed by atoms with E-state index in [1.54, 1.807) is 73.8 Å². The van der Waals surface area contributed by atoms with Gasteiger partial charge in [-0.3, -0.25) is 9.59 Å². The second-order valence-electron chi connectivity index (χ2n) is 7.92. The lowest BCUT2D eigenvalue weighted by molar-refractivity contribution is -0.141. The number of hydrogen-bond donors (Lipinski definition) is 4. The van der Waals surface area contributed by atoms with Crippen LogP contribution in [-0.2, 0) is 20.7 Å². The van der Waals surface area contributed by atoms with Gasteiger partial charge in [-0.15, -0.1) is 0 Å². The number of nitrogens with zero attached hydrogens (tertiary/aromatic N) is 2. The van der Waals surface area contributed by atoms with Crippen LogP contribution in [0.4, 0.5) is 5.82 Å². The first-order valence-corrected chi connectivity index (χ1v) is 13.0. The average Bonchev–Trinajstić information content (AvgIpc) is 2.95. The highest BCUT2D eigenvalue weighted by molar-refractivity contribution is 7.98. The summed E-state index contributed by atoms with van der Waals surface area (Å²) in [6.45, 7) is 1.77. The van der Waals surface area contributed by atoms with E-state index in [0.29, 0.717) is 10.7 Å². The molecule has 2 amide bonds. The maximum absolute atomic E-state index is 13.3. The van der Waals surface area contributed by atoms with E-state index in [1.807, 2.05) is 0 Å². The molecule has 202 valence electrons. The third kappa shape index (κ3) is 8.40. The molecule has 0 saturated heterocycles. The van der Waals surface area contributed by atoms with E-state index in [1.165, 1.54) is 18.0 Å². The molecule has 11 nitrogen and oxygen atoms in total. The number of carbonyl (C=O) groups is 4. The fourth-order valence-electron chi connectivity index (χ4n) is 3.30. The largest absolute Gasteiger partial charge is 0.480 e. The fourth-order valence-corrected chi connectivity index (χ4v) is 3.64. The van der Waals surface area contributed by atoms with Gasteiger partial charge in [-0.1, -0.05) is 60.3 Å². The average molecular weight is 550 g/mol. The molecule has 1 heterocycles. The van der Waals surface area contributed by atoms with Crippen molar-refractivity contribution in [3.8, 4) is 0 Å². The lowest BCUT2D eigenvalue weighted by Gasteiger charge is -2.17. The highest BCUT2D eigenvalue weighted by atomic mass is 32.2. The number of thioether (sulfide) groups is 1. The number of amides is 2. The second kappa shape index (κ2) is 14.3. The van der Waals surface area contributed by atoms with Gasteiger partial charge < -0.3 is 25.8 Å². The van der Waals surface area contributed by atoms with E-state index < -0.39 is 29.8 Å². The number of aromatic nitrogens is 2. The lowest BCUT2D eigenvalue weighted by Crippen LogP contribution is -2.45. The van der Waals surface area contributed by atoms with Crippen LogP contribution < -0.4 is 16.0 Å². The van der Waals surface area contributed by atoms with Crippen LogP contribution in [0.25, 0.3) is 0 Å². The number of carboxylic acid groups (broad SMARTS) is 1. The van der Waals surface area contributed by atoms with Crippen LogP contribution in [0.1, 0.15) is 33.2 Å². The van der Waals surface area contributed by atoms with Gasteiger partial charge in [0.05, 0.1) is 6.61 Å². The number of anilines is 1. The minimum Gasteiger partial charge on any atom is -0.480 e. The van der Waals surface area contributed by atoms with Gasteiger partial charge in [0.1, 0.15) is 23.1 Å². The molecular formula is C27H27N5O6S. The highest BCUT2D eigenvalue weighted by Crippen LogP contribution is 2.18. The number of hydrogen-bond acceptors (Lipinski definition) is 9. The molecule has 0 fully saturated rings. The van der Waals surface area contributed by atoms with Crippen molar-refractivity contribution in [3.63, 3.8) is 0 Å². The molecule has 3 rings (SSSR count). The van der Waals surface area contributed by atoms with Crippen molar-refractivity contribution < 1.29 is 29.0 Å². The smallest absolute Gasteiger partial charge is 0.343 e. The van der Waals surface area contributed by atoms with Crippen LogP contribution in [0.15, 0.2) is 83.9 Å². The van der Waals surface area contributed by atoms with Gasteiger partial charge in [0.2, 0.25) is 0 Å². The molecule has 0 aliphatic carbocycles. The van der Waals surface area contributed by atoms with Gasteiger partial charge in [-0.2, -0.15) is 0 Å². The maximum atomic E-state index is 13.3. The molecule has 1 aromatic heterocycles. The van der Waals surface area contributed by atoms with Gasteiger partial charge in [-0.25, -0.2) is 19.6 Å². The summed E-state index contributed by atoms with van der Waals surface area (Å²) in [5.41, 5.74) is 0.677. The summed E-state index contributed by atoms with van der Waals surface area (Å²) in [6.07, 6.45) is 4.18. The van der Waals surface area contributed by atoms with Crippen molar-refractivity contribution in [1.29, 1.82) is 0 Å². The van der Waals surface area contributed by atoms with Crippen molar-refractivity contribution in [2.75, 3.05) is 18.2 Å². The molecule has 1 unspecified atom stereocenters. The van der Waals surface area contributed by atoms with E-state index in [9.17, 15) is 24.3 Å². The number of esters is 1. The number of ether oxygens (including phenoxy) is 1. The van der Waals surface area contributed by atoms with E-state index in [2.05, 4.69) is 25.9 Å². The Balaban J connectivity index is 1.93. The second-order valence-corrected chi connectivity index (χ2v) is 8.69. The zero-order chi connectivity index (χ0) is 28.2. The van der Waals surface area contributed by atoms with Crippen molar-refractivity contribution >= 4 is 41.3 Å². The lowest BCUT2D eigenvalue weighted by atomic mass is 10.1. The molecule has 0 bridgehead atoms. The molecule has 0 spiro atoms. The molecule has 39 heavy (non-hydrogen) atoms. The summed E-state index contributed by atoms with van der Waals surface area (Å²) in [5, 5.41) is 17.8. The Kier molecular flexibility index (Phi) is 10.6. The molecule has 0 radical (unpaired) electrons. The monoisotopic (exact) mass is 549 g/mol. The Morgan fingerprint density at radius 1 is 1.05 bits per heavy atom. The van der Waals surface area contributed by atoms with Crippen molar-refractivity contribution in [1.82, 2.24) is 20.6 Å². The Hall–Kier alpha value is -4.71. The predicted octanol–water partition coefficient (Wildman–Crippen LogP) is 2.87. The number of aliphatic carboxylic acids is 1. The number of carbonyl (C=O) groups excluding carboxylic acids is 3. The molecule has 1 atom stereocenters. The van der Waals surface area contributed by atoms with E-state index >= 15 is 0 Å². The number of benzene rings is 2. The third-order valence-electron chi connectivity index (χ3n) is 5.21. The van der Waals surface area contributed by atoms with Crippen LogP contribution >= 0.6 is 11.8 Å². The topological polar surface area (TPSA) is 160 Å². The van der Waals surface area contributed by atoms with Crippen LogP contribution in [-0.4, -0.2) is 57.7 Å². The molecule has 2 aromatic carbocycles. The first kappa shape index (κ1) is 28.9. The summed E-state index contributed by atoms with van der Waals surface area (Å²) in [5.74, 6) is -3.38. The minimum atomic E-state index is -1.28. The molecule has 4 N–H and O–H groups in total. The van der Waals surface area contributed by atoms with Crippen LogP contribution in [0, 0.1) is 0 Å². The molecule has 3 aromatic rings. The van der Waals surface area contributed by atoms with Crippen molar-refractivity contribution in [2.45, 2.75) is 24.5 Å². The van der Waals surface area contributed by atoms with Gasteiger partial charge in [0.15, 0.2) is 5.16 Å². The summed E-state index contributed by atoms with van der Waals surface area (Å²) in [4.78, 5) is 58.8. The standard InChI is InChI=1S/C27H27N5O6S/c1-3-38-26(37)19-15-29-27(39-2)32-22(19)28-16-21(31-23(33)18-12-8-5-9-13-18)24(34)30-20(25(35)36)14-17-10-6-4-7-11-17/h4-13,15-16,20H,3,14H2,1-2H3,(H,30,34)(H,31,33)(H,35,36)(H,28,29,32)/b21-16-. The van der Waals surface area contributed by atoms with Gasteiger partial charge in [0, 0.05) is 24.4 Å².